The van der Waals surface area contributed by atoms with Crippen LogP contribution < -0.4 is 0 Å². The lowest BCUT2D eigenvalue weighted by Gasteiger charge is -1.96. The highest BCUT2D eigenvalue weighted by Crippen LogP contribution is 2.10. The lowest BCUT2D eigenvalue weighted by Crippen LogP contribution is -1.85. The maximum atomic E-state index is 8.09. The summed E-state index contributed by atoms with van der Waals surface area (Å²) in [5, 5.41) is 8.75. The Balaban J connectivity index is 2.65. The fourth-order valence-corrected chi connectivity index (χ4v) is 0.955. The topological polar surface area (TPSA) is 33.0 Å². The van der Waals surface area contributed by atoms with Crippen LogP contribution in [0.1, 0.15) is 5.56 Å². The molecule has 0 amide bonds. The molecule has 0 saturated heterocycles. The van der Waals surface area contributed by atoms with Crippen LogP contribution in [0.15, 0.2) is 24.3 Å². The zero-order chi connectivity index (χ0) is 8.10. The molecule has 0 spiro atoms. The van der Waals surface area contributed by atoms with Gasteiger partial charge in [0.05, 0.1) is 0 Å². The quantitative estimate of drug-likeness (QED) is 0.634. The fraction of sp³-hybridized carbons (Fsp3) is 0.125. The Morgan fingerprint density at radius 3 is 3.00 bits per heavy atom. The summed E-state index contributed by atoms with van der Waals surface area (Å²) < 4.78 is 4.52. The minimum Gasteiger partial charge on any atom is -0.423 e. The highest BCUT2D eigenvalue weighted by molar-refractivity contribution is 6.30. The van der Waals surface area contributed by atoms with Crippen LogP contribution in [-0.2, 0) is 11.3 Å². The van der Waals surface area contributed by atoms with Gasteiger partial charge in [-0.15, -0.1) is 0 Å². The Morgan fingerprint density at radius 1 is 1.55 bits per heavy atom. The van der Waals surface area contributed by atoms with Crippen molar-refractivity contribution in [1.29, 1.82) is 5.26 Å². The third kappa shape index (κ3) is 2.48. The largest absolute Gasteiger partial charge is 0.423 e. The molecule has 0 aliphatic carbocycles. The molecule has 2 nitrogen and oxygen atoms in total. The highest BCUT2D eigenvalue weighted by Gasteiger charge is 1.92. The zero-order valence-corrected chi connectivity index (χ0v) is 6.51. The standard InChI is InChI=1S/C8H6ClNO/c9-8-3-1-2-7(4-8)5-11-6-10/h1-4H,5H2. The Morgan fingerprint density at radius 2 is 2.36 bits per heavy atom. The van der Waals surface area contributed by atoms with Gasteiger partial charge in [-0.3, -0.25) is 0 Å². The Hall–Kier alpha value is -1.20. The molecule has 0 saturated carbocycles. The number of nitrogens with zero attached hydrogens (tertiary/aromatic N) is 1. The van der Waals surface area contributed by atoms with Crippen LogP contribution in [-0.4, -0.2) is 0 Å². The predicted molar refractivity (Wildman–Crippen MR) is 41.9 cm³/mol. The minimum atomic E-state index is 0.289. The number of rotatable bonds is 2. The Labute approximate surface area is 70.0 Å². The average molecular weight is 168 g/mol. The first-order valence-corrected chi connectivity index (χ1v) is 3.46. The molecule has 0 aliphatic rings. The van der Waals surface area contributed by atoms with Gasteiger partial charge in [0.25, 0.3) is 6.26 Å². The van der Waals surface area contributed by atoms with Crippen LogP contribution in [0, 0.1) is 11.5 Å². The molecule has 3 heteroatoms. The molecule has 0 unspecified atom stereocenters. The molecular formula is C8H6ClNO. The molecule has 1 aromatic rings. The van der Waals surface area contributed by atoms with Gasteiger partial charge >= 0.3 is 0 Å². The first-order valence-electron chi connectivity index (χ1n) is 3.08. The van der Waals surface area contributed by atoms with Gasteiger partial charge in [0.1, 0.15) is 6.61 Å². The van der Waals surface area contributed by atoms with Crippen molar-refractivity contribution < 1.29 is 4.74 Å². The van der Waals surface area contributed by atoms with Crippen LogP contribution >= 0.6 is 11.6 Å². The summed E-state index contributed by atoms with van der Waals surface area (Å²) in [6, 6.07) is 7.21. The molecule has 1 rings (SSSR count). The van der Waals surface area contributed by atoms with E-state index in [9.17, 15) is 0 Å². The monoisotopic (exact) mass is 167 g/mol. The van der Waals surface area contributed by atoms with E-state index in [1.54, 1.807) is 18.4 Å². The van der Waals surface area contributed by atoms with E-state index < -0.39 is 0 Å². The van der Waals surface area contributed by atoms with Crippen LogP contribution in [0.4, 0.5) is 0 Å². The van der Waals surface area contributed by atoms with Crippen molar-refractivity contribution in [2.45, 2.75) is 6.61 Å². The predicted octanol–water partition coefficient (Wildman–Crippen LogP) is 2.34. The maximum Gasteiger partial charge on any atom is 0.286 e. The van der Waals surface area contributed by atoms with Crippen LogP contribution in [0.5, 0.6) is 0 Å². The Bertz CT molecular complexity index is 280. The molecule has 0 aromatic heterocycles. The second-order valence-electron chi connectivity index (χ2n) is 2.01. The zero-order valence-electron chi connectivity index (χ0n) is 5.75. The third-order valence-corrected chi connectivity index (χ3v) is 1.43. The van der Waals surface area contributed by atoms with E-state index in [4.69, 9.17) is 16.9 Å². The van der Waals surface area contributed by atoms with E-state index in [2.05, 4.69) is 4.74 Å². The first-order chi connectivity index (χ1) is 5.33. The summed E-state index contributed by atoms with van der Waals surface area (Å²) in [7, 11) is 0. The average Bonchev–Trinajstić information content (AvgIpc) is 2.01. The molecule has 11 heavy (non-hydrogen) atoms. The van der Waals surface area contributed by atoms with Crippen molar-refractivity contribution in [2.24, 2.45) is 0 Å². The number of hydrogen-bond donors (Lipinski definition) is 0. The maximum absolute atomic E-state index is 8.09. The summed E-state index contributed by atoms with van der Waals surface area (Å²) in [6.07, 6.45) is 1.59. The van der Waals surface area contributed by atoms with Gasteiger partial charge in [0, 0.05) is 5.02 Å². The van der Waals surface area contributed by atoms with Gasteiger partial charge < -0.3 is 4.74 Å². The van der Waals surface area contributed by atoms with E-state index in [0.717, 1.165) is 5.56 Å². The number of benzene rings is 1. The molecule has 0 N–H and O–H groups in total. The van der Waals surface area contributed by atoms with Gasteiger partial charge in [-0.05, 0) is 17.7 Å². The number of halogens is 1. The van der Waals surface area contributed by atoms with E-state index >= 15 is 0 Å². The lowest BCUT2D eigenvalue weighted by molar-refractivity contribution is 0.257. The van der Waals surface area contributed by atoms with Gasteiger partial charge in [-0.1, -0.05) is 23.7 Å². The van der Waals surface area contributed by atoms with E-state index in [1.165, 1.54) is 0 Å². The summed E-state index contributed by atoms with van der Waals surface area (Å²) >= 11 is 5.69. The molecular weight excluding hydrogens is 162 g/mol. The van der Waals surface area contributed by atoms with Crippen LogP contribution in [0.25, 0.3) is 0 Å². The normalized spacial score (nSPS) is 8.73. The molecule has 0 atom stereocenters. The van der Waals surface area contributed by atoms with Crippen molar-refractivity contribution in [2.75, 3.05) is 0 Å². The SMILES string of the molecule is N#COCc1cccc(Cl)c1. The molecule has 56 valence electrons. The van der Waals surface area contributed by atoms with Gasteiger partial charge in [-0.2, -0.15) is 5.26 Å². The van der Waals surface area contributed by atoms with Crippen LogP contribution in [0.2, 0.25) is 5.02 Å². The second kappa shape index (κ2) is 3.85. The van der Waals surface area contributed by atoms with Crippen molar-refractivity contribution >= 4 is 11.6 Å². The molecule has 0 radical (unpaired) electrons. The van der Waals surface area contributed by atoms with Crippen molar-refractivity contribution in [3.05, 3.63) is 34.9 Å². The van der Waals surface area contributed by atoms with Gasteiger partial charge in [0.2, 0.25) is 0 Å². The smallest absolute Gasteiger partial charge is 0.286 e. The van der Waals surface area contributed by atoms with E-state index in [1.807, 2.05) is 12.1 Å². The summed E-state index contributed by atoms with van der Waals surface area (Å²) in [5.41, 5.74) is 0.902. The van der Waals surface area contributed by atoms with E-state index in [0.29, 0.717) is 5.02 Å². The van der Waals surface area contributed by atoms with Crippen LogP contribution in [0.3, 0.4) is 0 Å². The van der Waals surface area contributed by atoms with Crippen molar-refractivity contribution in [3.8, 4) is 6.26 Å². The van der Waals surface area contributed by atoms with Gasteiger partial charge in [0.15, 0.2) is 0 Å². The molecule has 0 aliphatic heterocycles. The number of nitriles is 1. The molecule has 1 aromatic carbocycles. The van der Waals surface area contributed by atoms with Crippen molar-refractivity contribution in [1.82, 2.24) is 0 Å². The number of ether oxygens (including phenoxy) is 1. The second-order valence-corrected chi connectivity index (χ2v) is 2.45. The number of hydrogen-bond acceptors (Lipinski definition) is 2. The molecule has 0 fully saturated rings. The first kappa shape index (κ1) is 7.90. The highest BCUT2D eigenvalue weighted by atomic mass is 35.5. The summed E-state index contributed by atoms with van der Waals surface area (Å²) in [6.45, 7) is 0.289. The summed E-state index contributed by atoms with van der Waals surface area (Å²) in [4.78, 5) is 0. The van der Waals surface area contributed by atoms with E-state index in [-0.39, 0.29) is 6.61 Å². The molecule has 0 heterocycles. The summed E-state index contributed by atoms with van der Waals surface area (Å²) in [5.74, 6) is 0. The minimum absolute atomic E-state index is 0.289. The van der Waals surface area contributed by atoms with Gasteiger partial charge in [-0.25, -0.2) is 0 Å². The fourth-order valence-electron chi connectivity index (χ4n) is 0.742. The van der Waals surface area contributed by atoms with Crippen molar-refractivity contribution in [3.63, 3.8) is 0 Å². The molecule has 0 bridgehead atoms. The Kier molecular flexibility index (Phi) is 2.76. The third-order valence-electron chi connectivity index (χ3n) is 1.19. The lowest BCUT2D eigenvalue weighted by atomic mass is 10.2.